The third-order valence-electron chi connectivity index (χ3n) is 5.54. The van der Waals surface area contributed by atoms with Gasteiger partial charge in [-0.3, -0.25) is 9.69 Å². The summed E-state index contributed by atoms with van der Waals surface area (Å²) >= 11 is 0. The second kappa shape index (κ2) is 6.29. The standard InChI is InChI=1S/C18H26N2O3/c1-13-4-5-15(23-13)12-20-11-14(10-17-16(20)6-9-22-17)18(21)19-7-2-3-8-19/h4-5,14,16-17H,2-3,6-12H2,1H3/t14-,16+,17+/m1/s1. The van der Waals surface area contributed by atoms with Crippen LogP contribution in [0, 0.1) is 12.8 Å². The highest BCUT2D eigenvalue weighted by Crippen LogP contribution is 2.33. The monoisotopic (exact) mass is 318 g/mol. The first-order valence-corrected chi connectivity index (χ1v) is 8.90. The first-order chi connectivity index (χ1) is 11.2. The molecule has 0 unspecified atom stereocenters. The third kappa shape index (κ3) is 3.04. The number of amides is 1. The van der Waals surface area contributed by atoms with Gasteiger partial charge in [-0.1, -0.05) is 0 Å². The fourth-order valence-electron chi connectivity index (χ4n) is 4.38. The first kappa shape index (κ1) is 15.2. The molecule has 3 saturated heterocycles. The lowest BCUT2D eigenvalue weighted by Crippen LogP contribution is -2.52. The zero-order chi connectivity index (χ0) is 15.8. The first-order valence-electron chi connectivity index (χ1n) is 8.90. The van der Waals surface area contributed by atoms with E-state index in [1.807, 2.05) is 19.1 Å². The van der Waals surface area contributed by atoms with Crippen LogP contribution in [-0.2, 0) is 16.1 Å². The summed E-state index contributed by atoms with van der Waals surface area (Å²) in [4.78, 5) is 17.3. The molecular weight excluding hydrogens is 292 g/mol. The van der Waals surface area contributed by atoms with Crippen LogP contribution >= 0.6 is 0 Å². The van der Waals surface area contributed by atoms with Gasteiger partial charge in [0.05, 0.1) is 18.6 Å². The van der Waals surface area contributed by atoms with Crippen molar-refractivity contribution >= 4 is 5.91 Å². The van der Waals surface area contributed by atoms with Crippen LogP contribution in [0.2, 0.25) is 0 Å². The Morgan fingerprint density at radius 1 is 1.30 bits per heavy atom. The summed E-state index contributed by atoms with van der Waals surface area (Å²) in [6, 6.07) is 4.49. The minimum absolute atomic E-state index is 0.0727. The molecule has 1 aromatic heterocycles. The molecule has 5 heteroatoms. The predicted octanol–water partition coefficient (Wildman–Crippen LogP) is 2.19. The van der Waals surface area contributed by atoms with Gasteiger partial charge in [0.15, 0.2) is 0 Å². The van der Waals surface area contributed by atoms with Gasteiger partial charge in [0, 0.05) is 32.3 Å². The normalized spacial score (nSPS) is 31.5. The summed E-state index contributed by atoms with van der Waals surface area (Å²) in [7, 11) is 0. The van der Waals surface area contributed by atoms with Gasteiger partial charge in [0.25, 0.3) is 0 Å². The van der Waals surface area contributed by atoms with Gasteiger partial charge in [-0.2, -0.15) is 0 Å². The van der Waals surface area contributed by atoms with Crippen molar-refractivity contribution in [1.29, 1.82) is 0 Å². The van der Waals surface area contributed by atoms with E-state index in [9.17, 15) is 4.79 Å². The SMILES string of the molecule is Cc1ccc(CN2C[C@H](C(=O)N3CCCC3)C[C@@H]3OCC[C@@H]32)o1. The molecule has 3 aliphatic heterocycles. The molecule has 3 fully saturated rings. The maximum atomic E-state index is 12.8. The Morgan fingerprint density at radius 2 is 2.13 bits per heavy atom. The van der Waals surface area contributed by atoms with Gasteiger partial charge in [0.1, 0.15) is 11.5 Å². The topological polar surface area (TPSA) is 45.9 Å². The molecule has 126 valence electrons. The van der Waals surface area contributed by atoms with Crippen molar-refractivity contribution in [3.63, 3.8) is 0 Å². The fraction of sp³-hybridized carbons (Fsp3) is 0.722. The van der Waals surface area contributed by atoms with Crippen molar-refractivity contribution in [2.75, 3.05) is 26.2 Å². The van der Waals surface area contributed by atoms with E-state index in [1.165, 1.54) is 0 Å². The van der Waals surface area contributed by atoms with E-state index in [4.69, 9.17) is 9.15 Å². The lowest BCUT2D eigenvalue weighted by molar-refractivity contribution is -0.139. The molecule has 0 saturated carbocycles. The number of carbonyl (C=O) groups is 1. The van der Waals surface area contributed by atoms with E-state index in [0.717, 1.165) is 70.0 Å². The van der Waals surface area contributed by atoms with E-state index in [0.29, 0.717) is 11.9 Å². The summed E-state index contributed by atoms with van der Waals surface area (Å²) < 4.78 is 11.7. The molecule has 23 heavy (non-hydrogen) atoms. The van der Waals surface area contributed by atoms with Crippen molar-refractivity contribution in [2.45, 2.75) is 51.3 Å². The van der Waals surface area contributed by atoms with Crippen molar-refractivity contribution in [3.05, 3.63) is 23.7 Å². The van der Waals surface area contributed by atoms with Crippen LogP contribution in [-0.4, -0.2) is 54.1 Å². The van der Waals surface area contributed by atoms with E-state index in [2.05, 4.69) is 9.80 Å². The molecule has 1 aromatic rings. The van der Waals surface area contributed by atoms with Gasteiger partial charge in [-0.15, -0.1) is 0 Å². The minimum atomic E-state index is 0.0727. The van der Waals surface area contributed by atoms with E-state index < -0.39 is 0 Å². The average Bonchev–Trinajstić information content (AvgIpc) is 3.27. The van der Waals surface area contributed by atoms with Crippen LogP contribution in [0.15, 0.2) is 16.5 Å². The summed E-state index contributed by atoms with van der Waals surface area (Å²) in [5.74, 6) is 2.34. The van der Waals surface area contributed by atoms with Crippen LogP contribution in [0.4, 0.5) is 0 Å². The number of piperidine rings is 1. The maximum Gasteiger partial charge on any atom is 0.227 e. The number of nitrogens with zero attached hydrogens (tertiary/aromatic N) is 2. The number of likely N-dealkylation sites (tertiary alicyclic amines) is 2. The second-order valence-corrected chi connectivity index (χ2v) is 7.17. The average molecular weight is 318 g/mol. The molecular formula is C18H26N2O3. The summed E-state index contributed by atoms with van der Waals surface area (Å²) in [5.41, 5.74) is 0. The molecule has 4 heterocycles. The number of hydrogen-bond donors (Lipinski definition) is 0. The number of hydrogen-bond acceptors (Lipinski definition) is 4. The number of carbonyl (C=O) groups excluding carboxylic acids is 1. The summed E-state index contributed by atoms with van der Waals surface area (Å²) in [6.07, 6.45) is 4.45. The number of rotatable bonds is 3. The molecule has 5 nitrogen and oxygen atoms in total. The Hall–Kier alpha value is -1.33. The third-order valence-corrected chi connectivity index (χ3v) is 5.54. The Balaban J connectivity index is 1.48. The highest BCUT2D eigenvalue weighted by molar-refractivity contribution is 5.79. The maximum absolute atomic E-state index is 12.8. The smallest absolute Gasteiger partial charge is 0.227 e. The number of aryl methyl sites for hydroxylation is 1. The molecule has 3 aliphatic rings. The Bertz CT molecular complexity index is 564. The van der Waals surface area contributed by atoms with E-state index >= 15 is 0 Å². The highest BCUT2D eigenvalue weighted by Gasteiger charge is 2.43. The molecule has 3 atom stereocenters. The number of ether oxygens (including phenoxy) is 1. The van der Waals surface area contributed by atoms with Crippen LogP contribution < -0.4 is 0 Å². The van der Waals surface area contributed by atoms with Gasteiger partial charge < -0.3 is 14.1 Å². The van der Waals surface area contributed by atoms with Gasteiger partial charge in [0.2, 0.25) is 5.91 Å². The van der Waals surface area contributed by atoms with Crippen LogP contribution in [0.1, 0.15) is 37.2 Å². The van der Waals surface area contributed by atoms with Gasteiger partial charge >= 0.3 is 0 Å². The zero-order valence-electron chi connectivity index (χ0n) is 13.9. The molecule has 0 aliphatic carbocycles. The van der Waals surface area contributed by atoms with Crippen molar-refractivity contribution < 1.29 is 13.9 Å². The van der Waals surface area contributed by atoms with E-state index in [-0.39, 0.29) is 12.0 Å². The highest BCUT2D eigenvalue weighted by atomic mass is 16.5. The lowest BCUT2D eigenvalue weighted by atomic mass is 9.89. The molecule has 0 aromatic carbocycles. The molecule has 1 amide bonds. The molecule has 0 N–H and O–H groups in total. The van der Waals surface area contributed by atoms with Gasteiger partial charge in [-0.25, -0.2) is 0 Å². The largest absolute Gasteiger partial charge is 0.465 e. The molecule has 0 radical (unpaired) electrons. The van der Waals surface area contributed by atoms with Crippen molar-refractivity contribution in [2.24, 2.45) is 5.92 Å². The number of furan rings is 1. The van der Waals surface area contributed by atoms with Crippen molar-refractivity contribution in [3.8, 4) is 0 Å². The molecule has 0 spiro atoms. The van der Waals surface area contributed by atoms with Crippen LogP contribution in [0.5, 0.6) is 0 Å². The quantitative estimate of drug-likeness (QED) is 0.857. The van der Waals surface area contributed by atoms with Crippen molar-refractivity contribution in [1.82, 2.24) is 9.80 Å². The van der Waals surface area contributed by atoms with Gasteiger partial charge in [-0.05, 0) is 44.7 Å². The molecule has 4 rings (SSSR count). The Labute approximate surface area is 137 Å². The zero-order valence-corrected chi connectivity index (χ0v) is 13.9. The van der Waals surface area contributed by atoms with Crippen LogP contribution in [0.25, 0.3) is 0 Å². The summed E-state index contributed by atoms with van der Waals surface area (Å²) in [5, 5.41) is 0. The van der Waals surface area contributed by atoms with Crippen LogP contribution in [0.3, 0.4) is 0 Å². The summed E-state index contributed by atoms with van der Waals surface area (Å²) in [6.45, 7) is 6.26. The van der Waals surface area contributed by atoms with E-state index in [1.54, 1.807) is 0 Å². The number of fused-ring (bicyclic) bond motifs is 1. The predicted molar refractivity (Wildman–Crippen MR) is 85.9 cm³/mol. The Morgan fingerprint density at radius 3 is 2.87 bits per heavy atom. The lowest BCUT2D eigenvalue weighted by Gasteiger charge is -2.40. The fourth-order valence-corrected chi connectivity index (χ4v) is 4.38. The minimum Gasteiger partial charge on any atom is -0.465 e. The molecule has 0 bridgehead atoms. The Kier molecular flexibility index (Phi) is 4.16. The second-order valence-electron chi connectivity index (χ2n) is 7.17.